The molecule has 0 atom stereocenters. The molecule has 0 saturated carbocycles. The first-order chi connectivity index (χ1) is 11.1. The SMILES string of the molecule is CCCN1CCN(C(=O)c2cc(OC)c(OC)c(OC)c2)CC1. The number of methoxy groups -OCH3 is 3. The maximum Gasteiger partial charge on any atom is 0.254 e. The van der Waals surface area contributed by atoms with E-state index in [4.69, 9.17) is 14.2 Å². The zero-order valence-corrected chi connectivity index (χ0v) is 14.4. The van der Waals surface area contributed by atoms with Gasteiger partial charge in [-0.1, -0.05) is 6.92 Å². The number of carbonyl (C=O) groups excluding carboxylic acids is 1. The van der Waals surface area contributed by atoms with Crippen LogP contribution in [0.5, 0.6) is 17.2 Å². The summed E-state index contributed by atoms with van der Waals surface area (Å²) in [5.74, 6) is 1.50. The Labute approximate surface area is 137 Å². The number of amides is 1. The lowest BCUT2D eigenvalue weighted by Gasteiger charge is -2.34. The van der Waals surface area contributed by atoms with E-state index < -0.39 is 0 Å². The number of rotatable bonds is 6. The molecule has 0 aliphatic carbocycles. The lowest BCUT2D eigenvalue weighted by molar-refractivity contribution is 0.0636. The first kappa shape index (κ1) is 17.4. The molecule has 23 heavy (non-hydrogen) atoms. The van der Waals surface area contributed by atoms with Crippen LogP contribution in [0.25, 0.3) is 0 Å². The van der Waals surface area contributed by atoms with Gasteiger partial charge in [0.2, 0.25) is 5.75 Å². The quantitative estimate of drug-likeness (QED) is 0.800. The highest BCUT2D eigenvalue weighted by molar-refractivity contribution is 5.95. The third-order valence-electron chi connectivity index (χ3n) is 4.11. The number of carbonyl (C=O) groups is 1. The van der Waals surface area contributed by atoms with E-state index in [1.54, 1.807) is 33.5 Å². The first-order valence-corrected chi connectivity index (χ1v) is 7.96. The van der Waals surface area contributed by atoms with Crippen molar-refractivity contribution in [3.63, 3.8) is 0 Å². The van der Waals surface area contributed by atoms with Crippen LogP contribution < -0.4 is 14.2 Å². The minimum absolute atomic E-state index is 0.000372. The van der Waals surface area contributed by atoms with Crippen LogP contribution in [0.3, 0.4) is 0 Å². The second-order valence-corrected chi connectivity index (χ2v) is 5.55. The van der Waals surface area contributed by atoms with Gasteiger partial charge in [-0.05, 0) is 25.1 Å². The number of nitrogens with zero attached hydrogens (tertiary/aromatic N) is 2. The number of hydrogen-bond acceptors (Lipinski definition) is 5. The molecule has 1 amide bonds. The van der Waals surface area contributed by atoms with Crippen molar-refractivity contribution in [3.8, 4) is 17.2 Å². The largest absolute Gasteiger partial charge is 0.493 e. The number of ether oxygens (including phenoxy) is 3. The third-order valence-corrected chi connectivity index (χ3v) is 4.11. The lowest BCUT2D eigenvalue weighted by atomic mass is 10.1. The van der Waals surface area contributed by atoms with E-state index in [-0.39, 0.29) is 5.91 Å². The molecule has 6 nitrogen and oxygen atoms in total. The Morgan fingerprint density at radius 3 is 2.00 bits per heavy atom. The molecule has 1 aliphatic rings. The van der Waals surface area contributed by atoms with Gasteiger partial charge in [0.05, 0.1) is 21.3 Å². The van der Waals surface area contributed by atoms with Crippen molar-refractivity contribution >= 4 is 5.91 Å². The second kappa shape index (κ2) is 8.06. The summed E-state index contributed by atoms with van der Waals surface area (Å²) in [5.41, 5.74) is 0.559. The Bertz CT molecular complexity index is 514. The fourth-order valence-electron chi connectivity index (χ4n) is 2.88. The van der Waals surface area contributed by atoms with Gasteiger partial charge in [-0.25, -0.2) is 0 Å². The fourth-order valence-corrected chi connectivity index (χ4v) is 2.88. The highest BCUT2D eigenvalue weighted by Crippen LogP contribution is 2.38. The Kier molecular flexibility index (Phi) is 6.10. The standard InChI is InChI=1S/C17H26N2O4/c1-5-6-18-7-9-19(10-8-18)17(20)13-11-14(21-2)16(23-4)15(12-13)22-3/h11-12H,5-10H2,1-4H3. The lowest BCUT2D eigenvalue weighted by Crippen LogP contribution is -2.48. The van der Waals surface area contributed by atoms with Crippen molar-refractivity contribution in [1.82, 2.24) is 9.80 Å². The molecule has 128 valence electrons. The summed E-state index contributed by atoms with van der Waals surface area (Å²) in [6.45, 7) is 6.60. The molecule has 2 rings (SSSR count). The maximum absolute atomic E-state index is 12.8. The predicted molar refractivity (Wildman–Crippen MR) is 88.7 cm³/mol. The zero-order chi connectivity index (χ0) is 16.8. The van der Waals surface area contributed by atoms with E-state index >= 15 is 0 Å². The van der Waals surface area contributed by atoms with Gasteiger partial charge in [-0.3, -0.25) is 9.69 Å². The summed E-state index contributed by atoms with van der Waals surface area (Å²) in [6.07, 6.45) is 1.14. The van der Waals surface area contributed by atoms with E-state index in [0.29, 0.717) is 22.8 Å². The van der Waals surface area contributed by atoms with Crippen molar-refractivity contribution < 1.29 is 19.0 Å². The van der Waals surface area contributed by atoms with Crippen LogP contribution in [0, 0.1) is 0 Å². The minimum Gasteiger partial charge on any atom is -0.493 e. The smallest absolute Gasteiger partial charge is 0.254 e. The van der Waals surface area contributed by atoms with Gasteiger partial charge in [0.1, 0.15) is 0 Å². The van der Waals surface area contributed by atoms with Crippen molar-refractivity contribution in [2.24, 2.45) is 0 Å². The van der Waals surface area contributed by atoms with E-state index in [1.165, 1.54) is 0 Å². The first-order valence-electron chi connectivity index (χ1n) is 7.96. The Morgan fingerprint density at radius 1 is 1.00 bits per heavy atom. The van der Waals surface area contributed by atoms with Crippen LogP contribution >= 0.6 is 0 Å². The topological polar surface area (TPSA) is 51.2 Å². The van der Waals surface area contributed by atoms with Gasteiger partial charge in [0.15, 0.2) is 11.5 Å². The second-order valence-electron chi connectivity index (χ2n) is 5.55. The molecule has 1 heterocycles. The number of piperazine rings is 1. The predicted octanol–water partition coefficient (Wildman–Crippen LogP) is 1.88. The maximum atomic E-state index is 12.8. The van der Waals surface area contributed by atoms with Gasteiger partial charge in [-0.2, -0.15) is 0 Å². The Hall–Kier alpha value is -1.95. The Balaban J connectivity index is 2.16. The van der Waals surface area contributed by atoms with Crippen LogP contribution in [0.4, 0.5) is 0 Å². The molecular formula is C17H26N2O4. The van der Waals surface area contributed by atoms with E-state index in [0.717, 1.165) is 39.1 Å². The molecule has 0 unspecified atom stereocenters. The van der Waals surface area contributed by atoms with E-state index in [1.807, 2.05) is 4.90 Å². The molecule has 0 bridgehead atoms. The van der Waals surface area contributed by atoms with E-state index in [2.05, 4.69) is 11.8 Å². The summed E-state index contributed by atoms with van der Waals surface area (Å²) in [5, 5.41) is 0. The van der Waals surface area contributed by atoms with Gasteiger partial charge in [0.25, 0.3) is 5.91 Å². The van der Waals surface area contributed by atoms with Gasteiger partial charge in [0, 0.05) is 31.7 Å². The van der Waals surface area contributed by atoms with Crippen molar-refractivity contribution in [2.75, 3.05) is 54.1 Å². The van der Waals surface area contributed by atoms with Crippen LogP contribution in [-0.2, 0) is 0 Å². The van der Waals surface area contributed by atoms with Crippen LogP contribution in [0.1, 0.15) is 23.7 Å². The molecule has 0 spiro atoms. The summed E-state index contributed by atoms with van der Waals surface area (Å²) < 4.78 is 15.9. The van der Waals surface area contributed by atoms with Gasteiger partial charge >= 0.3 is 0 Å². The van der Waals surface area contributed by atoms with Crippen molar-refractivity contribution in [2.45, 2.75) is 13.3 Å². The molecule has 1 fully saturated rings. The summed E-state index contributed by atoms with van der Waals surface area (Å²) in [7, 11) is 4.65. The molecule has 0 N–H and O–H groups in total. The highest BCUT2D eigenvalue weighted by Gasteiger charge is 2.24. The average Bonchev–Trinajstić information content (AvgIpc) is 2.60. The molecular weight excluding hydrogens is 296 g/mol. The summed E-state index contributed by atoms with van der Waals surface area (Å²) >= 11 is 0. The molecule has 6 heteroatoms. The van der Waals surface area contributed by atoms with Crippen molar-refractivity contribution in [3.05, 3.63) is 17.7 Å². The van der Waals surface area contributed by atoms with Crippen LogP contribution in [-0.4, -0.2) is 69.8 Å². The van der Waals surface area contributed by atoms with Crippen LogP contribution in [0.2, 0.25) is 0 Å². The summed E-state index contributed by atoms with van der Waals surface area (Å²) in [4.78, 5) is 17.0. The zero-order valence-electron chi connectivity index (χ0n) is 14.4. The monoisotopic (exact) mass is 322 g/mol. The minimum atomic E-state index is 0.000372. The average molecular weight is 322 g/mol. The van der Waals surface area contributed by atoms with Crippen molar-refractivity contribution in [1.29, 1.82) is 0 Å². The molecule has 1 aromatic carbocycles. The normalized spacial score (nSPS) is 15.4. The van der Waals surface area contributed by atoms with Gasteiger partial charge in [-0.15, -0.1) is 0 Å². The molecule has 1 saturated heterocycles. The molecule has 1 aromatic rings. The van der Waals surface area contributed by atoms with Crippen LogP contribution in [0.15, 0.2) is 12.1 Å². The Morgan fingerprint density at radius 2 is 1.57 bits per heavy atom. The third kappa shape index (κ3) is 3.88. The van der Waals surface area contributed by atoms with E-state index in [9.17, 15) is 4.79 Å². The number of hydrogen-bond donors (Lipinski definition) is 0. The number of benzene rings is 1. The van der Waals surface area contributed by atoms with Gasteiger partial charge < -0.3 is 19.1 Å². The molecule has 0 aromatic heterocycles. The molecule has 0 radical (unpaired) electrons. The fraction of sp³-hybridized carbons (Fsp3) is 0.588. The highest BCUT2D eigenvalue weighted by atomic mass is 16.5. The summed E-state index contributed by atoms with van der Waals surface area (Å²) in [6, 6.07) is 3.42. The molecule has 1 aliphatic heterocycles.